The van der Waals surface area contributed by atoms with Crippen LogP contribution in [-0.4, -0.2) is 9.13 Å². The number of rotatable bonds is 3. The molecule has 0 aliphatic rings. The van der Waals surface area contributed by atoms with Gasteiger partial charge in [-0.1, -0.05) is 6.07 Å². The Kier molecular flexibility index (Phi) is 9.63. The molecule has 0 bridgehead atoms. The fraction of sp³-hybridized carbons (Fsp3) is 0.140. The monoisotopic (exact) mass is 917 g/mol. The third-order valence-electron chi connectivity index (χ3n) is 10.5. The first kappa shape index (κ1) is 43.8. The second-order valence-electron chi connectivity index (χ2n) is 14.3. The molecule has 330 valence electrons. The molecule has 0 N–H and O–H groups in total. The minimum absolute atomic E-state index is 0.213. The summed E-state index contributed by atoms with van der Waals surface area (Å²) in [5.41, 5.74) is -15.2. The van der Waals surface area contributed by atoms with Gasteiger partial charge in [0.05, 0.1) is 78.5 Å². The quantitative estimate of drug-likeness (QED) is 0.163. The van der Waals surface area contributed by atoms with Crippen molar-refractivity contribution in [1.82, 2.24) is 9.13 Å². The molecule has 0 aliphatic carbocycles. The van der Waals surface area contributed by atoms with Crippen molar-refractivity contribution in [2.24, 2.45) is 0 Å². The van der Waals surface area contributed by atoms with Gasteiger partial charge in [0.2, 0.25) is 0 Å². The van der Waals surface area contributed by atoms with E-state index in [0.29, 0.717) is 54.6 Å². The zero-order chi connectivity index (χ0) is 46.9. The minimum Gasteiger partial charge on any atom is -0.308 e. The number of benzene rings is 6. The topological polar surface area (TPSA) is 33.6 Å². The number of aromatic nitrogens is 2. The van der Waals surface area contributed by atoms with Crippen LogP contribution in [0.3, 0.4) is 0 Å². The van der Waals surface area contributed by atoms with Gasteiger partial charge >= 0.3 is 37.1 Å². The van der Waals surface area contributed by atoms with Crippen LogP contribution < -0.4 is 0 Å². The van der Waals surface area contributed by atoms with E-state index in [9.17, 15) is 71.1 Å². The number of fused-ring (bicyclic) bond motifs is 6. The van der Waals surface area contributed by atoms with Gasteiger partial charge in [0.15, 0.2) is 0 Å². The van der Waals surface area contributed by atoms with Crippen LogP contribution in [0.1, 0.15) is 38.9 Å². The van der Waals surface area contributed by atoms with Gasteiger partial charge in [0.25, 0.3) is 0 Å². The molecule has 8 aromatic rings. The summed E-state index contributed by atoms with van der Waals surface area (Å²) >= 11 is 0. The minimum atomic E-state index is -5.70. The van der Waals surface area contributed by atoms with E-state index in [1.54, 1.807) is 6.07 Å². The van der Waals surface area contributed by atoms with Crippen molar-refractivity contribution in [2.45, 2.75) is 37.1 Å². The van der Waals surface area contributed by atoms with Gasteiger partial charge in [-0.2, -0.15) is 84.3 Å². The molecule has 21 heteroatoms. The van der Waals surface area contributed by atoms with Crippen molar-refractivity contribution >= 4 is 43.6 Å². The van der Waals surface area contributed by atoms with Crippen LogP contribution >= 0.6 is 0 Å². The lowest BCUT2D eigenvalue weighted by atomic mass is 9.92. The van der Waals surface area contributed by atoms with E-state index in [4.69, 9.17) is 0 Å². The standard InChI is InChI=1S/C43H17F18N3/c44-38(45,46)20-2-7-31-26(13-20)27-14-21(39(47,48)49)3-8-32(27)63(31)35-11-19(18-62)12-36(37(35)25-6-1-24(42(56,57)58)17-30(25)43(59,60)61)64-33-9-4-22(40(50,51)52)15-28(33)29-16-23(41(53,54)55)5-10-34(29)64/h1-17H. The highest BCUT2D eigenvalue weighted by Gasteiger charge is 2.41. The van der Waals surface area contributed by atoms with Gasteiger partial charge in [-0.3, -0.25) is 0 Å². The smallest absolute Gasteiger partial charge is 0.308 e. The number of nitrogens with zero attached hydrogens (tertiary/aromatic N) is 3. The normalized spacial score (nSPS) is 13.5. The van der Waals surface area contributed by atoms with Gasteiger partial charge in [0.1, 0.15) is 0 Å². The Morgan fingerprint density at radius 2 is 0.625 bits per heavy atom. The van der Waals surface area contributed by atoms with Crippen LogP contribution in [0.5, 0.6) is 0 Å². The van der Waals surface area contributed by atoms with Gasteiger partial charge < -0.3 is 9.13 Å². The molecule has 0 saturated heterocycles. The van der Waals surface area contributed by atoms with Gasteiger partial charge in [-0.05, 0) is 103 Å². The largest absolute Gasteiger partial charge is 0.417 e. The molecule has 8 rings (SSSR count). The molecule has 3 nitrogen and oxygen atoms in total. The van der Waals surface area contributed by atoms with Gasteiger partial charge in [-0.25, -0.2) is 0 Å². The molecule has 0 saturated carbocycles. The first-order valence-electron chi connectivity index (χ1n) is 17.8. The molecule has 0 fully saturated rings. The fourth-order valence-corrected chi connectivity index (χ4v) is 7.75. The number of hydrogen-bond donors (Lipinski definition) is 0. The van der Waals surface area contributed by atoms with E-state index in [-0.39, 0.29) is 12.1 Å². The third-order valence-corrected chi connectivity index (χ3v) is 10.5. The third kappa shape index (κ3) is 7.37. The van der Waals surface area contributed by atoms with Crippen LogP contribution in [0.4, 0.5) is 79.0 Å². The summed E-state index contributed by atoms with van der Waals surface area (Å²) in [4.78, 5) is 0. The lowest BCUT2D eigenvalue weighted by molar-refractivity contribution is -0.143. The Labute approximate surface area is 344 Å². The SMILES string of the molecule is N#Cc1cc(-n2c3ccc(C(F)(F)F)cc3c3cc(C(F)(F)F)ccc32)c(-c2ccc(C(F)(F)F)cc2C(F)(F)F)c(-n2c3ccc(C(F)(F)F)cc3c3cc(C(F)(F)F)ccc32)c1. The lowest BCUT2D eigenvalue weighted by Gasteiger charge is -2.24. The van der Waals surface area contributed by atoms with Crippen LogP contribution in [0, 0.1) is 11.3 Å². The predicted octanol–water partition coefficient (Wildman–Crippen LogP) is 15.5. The summed E-state index contributed by atoms with van der Waals surface area (Å²) in [7, 11) is 0. The number of nitriles is 1. The molecular formula is C43H17F18N3. The van der Waals surface area contributed by atoms with Crippen LogP contribution in [-0.2, 0) is 37.1 Å². The summed E-state index contributed by atoms with van der Waals surface area (Å²) in [6, 6.07) is 10.2. The maximum atomic E-state index is 15.2. The van der Waals surface area contributed by atoms with E-state index in [1.807, 2.05) is 0 Å². The molecule has 0 aliphatic heterocycles. The fourth-order valence-electron chi connectivity index (χ4n) is 7.75. The first-order chi connectivity index (χ1) is 29.5. The van der Waals surface area contributed by atoms with Crippen LogP contribution in [0.25, 0.3) is 66.1 Å². The molecule has 0 radical (unpaired) electrons. The van der Waals surface area contributed by atoms with Crippen molar-refractivity contribution in [3.63, 3.8) is 0 Å². The summed E-state index contributed by atoms with van der Waals surface area (Å²) < 4.78 is 258. The summed E-state index contributed by atoms with van der Waals surface area (Å²) in [5.74, 6) is 0. The van der Waals surface area contributed by atoms with Gasteiger partial charge in [-0.15, -0.1) is 0 Å². The highest BCUT2D eigenvalue weighted by atomic mass is 19.4. The van der Waals surface area contributed by atoms with E-state index >= 15 is 13.2 Å². The molecule has 64 heavy (non-hydrogen) atoms. The zero-order valence-electron chi connectivity index (χ0n) is 31.0. The van der Waals surface area contributed by atoms with Crippen molar-refractivity contribution in [3.05, 3.63) is 142 Å². The van der Waals surface area contributed by atoms with Crippen LogP contribution in [0.2, 0.25) is 0 Å². The first-order valence-corrected chi connectivity index (χ1v) is 17.8. The zero-order valence-corrected chi connectivity index (χ0v) is 31.0. The predicted molar refractivity (Wildman–Crippen MR) is 195 cm³/mol. The molecule has 2 heterocycles. The second kappa shape index (κ2) is 14.1. The number of alkyl halides is 18. The van der Waals surface area contributed by atoms with E-state index in [1.165, 1.54) is 0 Å². The van der Waals surface area contributed by atoms with E-state index < -0.39 is 142 Å². The molecule has 0 spiro atoms. The number of hydrogen-bond acceptors (Lipinski definition) is 1. The second-order valence-corrected chi connectivity index (χ2v) is 14.3. The maximum absolute atomic E-state index is 15.2. The van der Waals surface area contributed by atoms with Gasteiger partial charge in [0, 0.05) is 27.1 Å². The Hall–Kier alpha value is -6.85. The molecule has 2 aromatic heterocycles. The Morgan fingerprint density at radius 1 is 0.344 bits per heavy atom. The molecule has 0 amide bonds. The summed E-state index contributed by atoms with van der Waals surface area (Å²) in [6.07, 6.45) is -31.6. The average Bonchev–Trinajstić information content (AvgIpc) is 3.69. The van der Waals surface area contributed by atoms with E-state index in [2.05, 4.69) is 0 Å². The average molecular weight is 918 g/mol. The molecule has 6 aromatic carbocycles. The molecule has 0 unspecified atom stereocenters. The lowest BCUT2D eigenvalue weighted by Crippen LogP contribution is -2.14. The van der Waals surface area contributed by atoms with Crippen LogP contribution in [0.15, 0.2) is 103 Å². The van der Waals surface area contributed by atoms with Crippen molar-refractivity contribution in [3.8, 4) is 28.6 Å². The summed E-state index contributed by atoms with van der Waals surface area (Å²) in [5, 5.41) is 8.02. The highest BCUT2D eigenvalue weighted by molar-refractivity contribution is 6.12. The maximum Gasteiger partial charge on any atom is 0.417 e. The Morgan fingerprint density at radius 3 is 0.891 bits per heavy atom. The highest BCUT2D eigenvalue weighted by Crippen LogP contribution is 2.49. The summed E-state index contributed by atoms with van der Waals surface area (Å²) in [6.45, 7) is 0. The van der Waals surface area contributed by atoms with Crippen molar-refractivity contribution in [1.29, 1.82) is 5.26 Å². The Balaban J connectivity index is 1.63. The molecular weight excluding hydrogens is 900 g/mol. The van der Waals surface area contributed by atoms with E-state index in [0.717, 1.165) is 45.5 Å². The van der Waals surface area contributed by atoms with Crippen molar-refractivity contribution < 1.29 is 79.0 Å². The Bertz CT molecular complexity index is 2940. The van der Waals surface area contributed by atoms with Crippen molar-refractivity contribution in [2.75, 3.05) is 0 Å². The number of halogens is 18. The molecule has 0 atom stereocenters.